The SMILES string of the molecule is C=CCn1c(SCC(=O)N[C@@H](C)c2ccccc2)nnc1-c1ccccc1C. The molecule has 5 nitrogen and oxygen atoms in total. The van der Waals surface area contributed by atoms with Crippen LogP contribution in [0.4, 0.5) is 0 Å². The Labute approximate surface area is 169 Å². The number of benzene rings is 2. The number of carbonyl (C=O) groups excluding carboxylic acids is 1. The number of aryl methyl sites for hydroxylation is 1. The standard InChI is InChI=1S/C22H24N4OS/c1-4-14-26-21(19-13-9-8-10-16(19)2)24-25-22(26)28-15-20(27)23-17(3)18-11-6-5-7-12-18/h4-13,17H,1,14-15H2,2-3H3,(H,23,27)/t17-/m0/s1. The third kappa shape index (κ3) is 4.70. The summed E-state index contributed by atoms with van der Waals surface area (Å²) in [4.78, 5) is 12.4. The monoisotopic (exact) mass is 392 g/mol. The Kier molecular flexibility index (Phi) is 6.66. The molecule has 0 spiro atoms. The zero-order chi connectivity index (χ0) is 19.9. The van der Waals surface area contributed by atoms with Gasteiger partial charge >= 0.3 is 0 Å². The Morgan fingerprint density at radius 2 is 1.89 bits per heavy atom. The van der Waals surface area contributed by atoms with Crippen molar-refractivity contribution >= 4 is 17.7 Å². The van der Waals surface area contributed by atoms with Gasteiger partial charge in [-0.15, -0.1) is 16.8 Å². The molecule has 0 saturated carbocycles. The Morgan fingerprint density at radius 1 is 1.18 bits per heavy atom. The van der Waals surface area contributed by atoms with Crippen LogP contribution in [0.2, 0.25) is 0 Å². The summed E-state index contributed by atoms with van der Waals surface area (Å²) < 4.78 is 1.99. The van der Waals surface area contributed by atoms with Gasteiger partial charge < -0.3 is 5.32 Å². The summed E-state index contributed by atoms with van der Waals surface area (Å²) in [5.74, 6) is 1.03. The first-order valence-corrected chi connectivity index (χ1v) is 10.2. The number of carbonyl (C=O) groups is 1. The van der Waals surface area contributed by atoms with Crippen LogP contribution in [-0.4, -0.2) is 26.4 Å². The van der Waals surface area contributed by atoms with Crippen LogP contribution in [0, 0.1) is 6.92 Å². The van der Waals surface area contributed by atoms with Crippen molar-refractivity contribution in [3.63, 3.8) is 0 Å². The van der Waals surface area contributed by atoms with E-state index in [1.165, 1.54) is 11.8 Å². The van der Waals surface area contributed by atoms with Gasteiger partial charge in [0, 0.05) is 12.1 Å². The molecule has 1 heterocycles. The molecule has 1 amide bonds. The van der Waals surface area contributed by atoms with E-state index in [2.05, 4.69) is 22.1 Å². The molecule has 0 fully saturated rings. The van der Waals surface area contributed by atoms with Crippen LogP contribution in [0.5, 0.6) is 0 Å². The molecule has 3 rings (SSSR count). The van der Waals surface area contributed by atoms with Gasteiger partial charge in [0.05, 0.1) is 11.8 Å². The second-order valence-corrected chi connectivity index (χ2v) is 7.45. The Morgan fingerprint density at radius 3 is 2.61 bits per heavy atom. The zero-order valence-electron chi connectivity index (χ0n) is 16.1. The number of amides is 1. The number of allylic oxidation sites excluding steroid dienone is 1. The third-order valence-corrected chi connectivity index (χ3v) is 5.39. The minimum Gasteiger partial charge on any atom is -0.349 e. The van der Waals surface area contributed by atoms with Gasteiger partial charge in [-0.2, -0.15) is 0 Å². The fraction of sp³-hybridized carbons (Fsp3) is 0.227. The molecular formula is C22H24N4OS. The number of aromatic nitrogens is 3. The molecule has 6 heteroatoms. The lowest BCUT2D eigenvalue weighted by Crippen LogP contribution is -2.28. The van der Waals surface area contributed by atoms with E-state index in [-0.39, 0.29) is 17.7 Å². The zero-order valence-corrected chi connectivity index (χ0v) is 16.9. The molecule has 2 aromatic carbocycles. The largest absolute Gasteiger partial charge is 0.349 e. The second-order valence-electron chi connectivity index (χ2n) is 6.51. The molecule has 144 valence electrons. The first-order valence-electron chi connectivity index (χ1n) is 9.17. The molecule has 0 radical (unpaired) electrons. The lowest BCUT2D eigenvalue weighted by Gasteiger charge is -2.14. The predicted octanol–water partition coefficient (Wildman–Crippen LogP) is 4.41. The summed E-state index contributed by atoms with van der Waals surface area (Å²) in [5.41, 5.74) is 3.24. The minimum atomic E-state index is -0.0390. The number of hydrogen-bond donors (Lipinski definition) is 1. The van der Waals surface area contributed by atoms with E-state index >= 15 is 0 Å². The maximum absolute atomic E-state index is 12.4. The summed E-state index contributed by atoms with van der Waals surface area (Å²) in [6, 6.07) is 17.9. The van der Waals surface area contributed by atoms with E-state index in [4.69, 9.17) is 0 Å². The van der Waals surface area contributed by atoms with Crippen molar-refractivity contribution in [3.8, 4) is 11.4 Å². The van der Waals surface area contributed by atoms with Crippen molar-refractivity contribution in [1.29, 1.82) is 0 Å². The molecule has 0 aliphatic rings. The van der Waals surface area contributed by atoms with E-state index in [9.17, 15) is 4.79 Å². The number of hydrogen-bond acceptors (Lipinski definition) is 4. The van der Waals surface area contributed by atoms with Crippen molar-refractivity contribution in [2.45, 2.75) is 31.6 Å². The van der Waals surface area contributed by atoms with Crippen LogP contribution >= 0.6 is 11.8 Å². The van der Waals surface area contributed by atoms with Crippen molar-refractivity contribution in [2.75, 3.05) is 5.75 Å². The molecule has 28 heavy (non-hydrogen) atoms. The summed E-state index contributed by atoms with van der Waals surface area (Å²) in [7, 11) is 0. The van der Waals surface area contributed by atoms with Gasteiger partial charge in [-0.3, -0.25) is 9.36 Å². The van der Waals surface area contributed by atoms with Gasteiger partial charge in [0.2, 0.25) is 5.91 Å². The lowest BCUT2D eigenvalue weighted by molar-refractivity contribution is -0.119. The highest BCUT2D eigenvalue weighted by Crippen LogP contribution is 2.26. The second kappa shape index (κ2) is 9.37. The van der Waals surface area contributed by atoms with Crippen LogP contribution in [0.25, 0.3) is 11.4 Å². The number of thioether (sulfide) groups is 1. The third-order valence-electron chi connectivity index (χ3n) is 4.42. The molecule has 1 aromatic heterocycles. The average Bonchev–Trinajstić information content (AvgIpc) is 3.10. The van der Waals surface area contributed by atoms with E-state index in [0.29, 0.717) is 11.7 Å². The molecule has 0 aliphatic carbocycles. The smallest absolute Gasteiger partial charge is 0.230 e. The molecule has 0 unspecified atom stereocenters. The van der Waals surface area contributed by atoms with Crippen LogP contribution in [0.15, 0.2) is 72.4 Å². The van der Waals surface area contributed by atoms with Gasteiger partial charge in [0.15, 0.2) is 11.0 Å². The minimum absolute atomic E-state index is 0.0352. The molecule has 0 bridgehead atoms. The summed E-state index contributed by atoms with van der Waals surface area (Å²) >= 11 is 1.38. The topological polar surface area (TPSA) is 59.8 Å². The fourth-order valence-corrected chi connectivity index (χ4v) is 3.71. The normalized spacial score (nSPS) is 11.8. The van der Waals surface area contributed by atoms with Crippen LogP contribution in [0.1, 0.15) is 24.1 Å². The highest BCUT2D eigenvalue weighted by molar-refractivity contribution is 7.99. The highest BCUT2D eigenvalue weighted by Gasteiger charge is 2.17. The first kappa shape index (κ1) is 19.9. The van der Waals surface area contributed by atoms with Crippen molar-refractivity contribution < 1.29 is 4.79 Å². The van der Waals surface area contributed by atoms with Crippen molar-refractivity contribution in [2.24, 2.45) is 0 Å². The Hall–Kier alpha value is -2.86. The highest BCUT2D eigenvalue weighted by atomic mass is 32.2. The number of rotatable bonds is 8. The first-order chi connectivity index (χ1) is 13.6. The Balaban J connectivity index is 1.70. The predicted molar refractivity (Wildman–Crippen MR) is 114 cm³/mol. The van der Waals surface area contributed by atoms with Gasteiger partial charge in [-0.1, -0.05) is 72.4 Å². The van der Waals surface area contributed by atoms with Crippen LogP contribution < -0.4 is 5.32 Å². The number of nitrogens with one attached hydrogen (secondary N) is 1. The van der Waals surface area contributed by atoms with E-state index in [1.54, 1.807) is 0 Å². The number of nitrogens with zero attached hydrogens (tertiary/aromatic N) is 3. The quantitative estimate of drug-likeness (QED) is 0.456. The summed E-state index contributed by atoms with van der Waals surface area (Å²) in [5, 5.41) is 12.4. The molecular weight excluding hydrogens is 368 g/mol. The molecule has 1 N–H and O–H groups in total. The lowest BCUT2D eigenvalue weighted by atomic mass is 10.1. The maximum Gasteiger partial charge on any atom is 0.230 e. The van der Waals surface area contributed by atoms with E-state index in [0.717, 1.165) is 22.5 Å². The molecule has 0 aliphatic heterocycles. The van der Waals surface area contributed by atoms with Crippen molar-refractivity contribution in [3.05, 3.63) is 78.4 Å². The molecule has 3 aromatic rings. The molecule has 0 saturated heterocycles. The van der Waals surface area contributed by atoms with Gasteiger partial charge in [-0.25, -0.2) is 0 Å². The Bertz CT molecular complexity index is 952. The summed E-state index contributed by atoms with van der Waals surface area (Å²) in [6.45, 7) is 8.45. The van der Waals surface area contributed by atoms with Gasteiger partial charge in [-0.05, 0) is 25.0 Å². The van der Waals surface area contributed by atoms with E-state index in [1.807, 2.05) is 79.1 Å². The van der Waals surface area contributed by atoms with Crippen molar-refractivity contribution in [1.82, 2.24) is 20.1 Å². The summed E-state index contributed by atoms with van der Waals surface area (Å²) in [6.07, 6.45) is 1.81. The van der Waals surface area contributed by atoms with E-state index < -0.39 is 0 Å². The maximum atomic E-state index is 12.4. The van der Waals surface area contributed by atoms with Gasteiger partial charge in [0.1, 0.15) is 0 Å². The van der Waals surface area contributed by atoms with Crippen LogP contribution in [-0.2, 0) is 11.3 Å². The van der Waals surface area contributed by atoms with Crippen LogP contribution in [0.3, 0.4) is 0 Å². The van der Waals surface area contributed by atoms with Gasteiger partial charge in [0.25, 0.3) is 0 Å². The average molecular weight is 393 g/mol. The fourth-order valence-electron chi connectivity index (χ4n) is 2.95. The molecule has 1 atom stereocenters.